The van der Waals surface area contributed by atoms with Crippen molar-refractivity contribution in [2.45, 2.75) is 12.8 Å². The lowest BCUT2D eigenvalue weighted by molar-refractivity contribution is -0.213. The Hall–Kier alpha value is -0.320. The number of hydrogen-bond donors (Lipinski definition) is 1. The predicted molar refractivity (Wildman–Crippen MR) is 41.3 cm³/mol. The molecule has 0 bridgehead atoms. The van der Waals surface area contributed by atoms with Gasteiger partial charge in [-0.15, -0.1) is 11.6 Å². The summed E-state index contributed by atoms with van der Waals surface area (Å²) in [5.41, 5.74) is 0. The van der Waals surface area contributed by atoms with Gasteiger partial charge in [0.1, 0.15) is 5.88 Å². The maximum atomic E-state index is 10.7. The van der Waals surface area contributed by atoms with Gasteiger partial charge in [0, 0.05) is 21.1 Å². The fraction of sp³-hybridized carbons (Fsp3) is 0.833. The van der Waals surface area contributed by atoms with Crippen molar-refractivity contribution in [3.05, 3.63) is 0 Å². The molecule has 0 unspecified atom stereocenters. The van der Waals surface area contributed by atoms with Gasteiger partial charge < -0.3 is 14.8 Å². The number of alkyl halides is 1. The molecule has 0 radical (unpaired) electrons. The average Bonchev–Trinajstić information content (AvgIpc) is 2.04. The average molecular weight is 182 g/mol. The van der Waals surface area contributed by atoms with E-state index in [-0.39, 0.29) is 11.8 Å². The summed E-state index contributed by atoms with van der Waals surface area (Å²) < 4.78 is 9.69. The van der Waals surface area contributed by atoms with Gasteiger partial charge in [-0.1, -0.05) is 0 Å². The third kappa shape index (κ3) is 3.55. The van der Waals surface area contributed by atoms with Gasteiger partial charge in [-0.25, -0.2) is 0 Å². The van der Waals surface area contributed by atoms with Crippen molar-refractivity contribution in [1.82, 2.24) is 5.32 Å². The molecule has 0 saturated carbocycles. The molecule has 11 heavy (non-hydrogen) atoms. The number of nitrogens with one attached hydrogen (secondary N) is 1. The van der Waals surface area contributed by atoms with Gasteiger partial charge in [-0.3, -0.25) is 4.79 Å². The third-order valence-electron chi connectivity index (χ3n) is 1.27. The summed E-state index contributed by atoms with van der Waals surface area (Å²) in [6, 6.07) is 0. The molecule has 1 N–H and O–H groups in total. The van der Waals surface area contributed by atoms with Crippen LogP contribution in [-0.2, 0) is 14.3 Å². The van der Waals surface area contributed by atoms with Crippen LogP contribution in [0.1, 0.15) is 6.92 Å². The summed E-state index contributed by atoms with van der Waals surface area (Å²) in [6.45, 7) is 1.58. The van der Waals surface area contributed by atoms with Crippen molar-refractivity contribution >= 4 is 17.5 Å². The maximum Gasteiger partial charge on any atom is 0.247 e. The van der Waals surface area contributed by atoms with Crippen molar-refractivity contribution in [2.75, 3.05) is 20.1 Å². The third-order valence-corrected chi connectivity index (χ3v) is 1.51. The minimum atomic E-state index is -1.08. The van der Waals surface area contributed by atoms with Crippen LogP contribution in [0.2, 0.25) is 0 Å². The molecular formula is C6H12ClNO3. The molecule has 0 spiro atoms. The highest BCUT2D eigenvalue weighted by molar-refractivity contribution is 6.27. The van der Waals surface area contributed by atoms with Crippen LogP contribution in [0, 0.1) is 0 Å². The number of carbonyl (C=O) groups excluding carboxylic acids is 1. The van der Waals surface area contributed by atoms with Crippen molar-refractivity contribution in [3.63, 3.8) is 0 Å². The van der Waals surface area contributed by atoms with Crippen molar-refractivity contribution in [2.24, 2.45) is 0 Å². The lowest BCUT2D eigenvalue weighted by atomic mass is 10.5. The molecule has 0 aromatic carbocycles. The Morgan fingerprint density at radius 1 is 1.55 bits per heavy atom. The van der Waals surface area contributed by atoms with E-state index >= 15 is 0 Å². The molecule has 0 fully saturated rings. The van der Waals surface area contributed by atoms with E-state index in [2.05, 4.69) is 5.32 Å². The number of ether oxygens (including phenoxy) is 2. The molecule has 5 heteroatoms. The van der Waals surface area contributed by atoms with Gasteiger partial charge in [0.15, 0.2) is 0 Å². The molecule has 0 aromatic rings. The van der Waals surface area contributed by atoms with Crippen molar-refractivity contribution in [3.8, 4) is 0 Å². The second-order valence-electron chi connectivity index (χ2n) is 2.04. The Bertz CT molecular complexity index is 136. The van der Waals surface area contributed by atoms with E-state index in [0.29, 0.717) is 0 Å². The van der Waals surface area contributed by atoms with Gasteiger partial charge in [-0.05, 0) is 0 Å². The lowest BCUT2D eigenvalue weighted by Gasteiger charge is -2.26. The molecule has 0 heterocycles. The zero-order valence-electron chi connectivity index (χ0n) is 6.81. The van der Waals surface area contributed by atoms with E-state index in [4.69, 9.17) is 21.1 Å². The summed E-state index contributed by atoms with van der Waals surface area (Å²) in [5, 5.41) is 2.43. The van der Waals surface area contributed by atoms with E-state index < -0.39 is 5.91 Å². The second-order valence-corrected chi connectivity index (χ2v) is 2.30. The Morgan fingerprint density at radius 2 is 2.00 bits per heavy atom. The van der Waals surface area contributed by atoms with Crippen LogP contribution >= 0.6 is 11.6 Å². The lowest BCUT2D eigenvalue weighted by Crippen LogP contribution is -2.49. The van der Waals surface area contributed by atoms with E-state index in [0.717, 1.165) is 0 Å². The summed E-state index contributed by atoms with van der Waals surface area (Å²) >= 11 is 5.25. The first-order valence-corrected chi connectivity index (χ1v) is 3.58. The van der Waals surface area contributed by atoms with Crippen LogP contribution in [0.25, 0.3) is 0 Å². The van der Waals surface area contributed by atoms with Crippen LogP contribution in [0.4, 0.5) is 0 Å². The van der Waals surface area contributed by atoms with Gasteiger partial charge in [-0.2, -0.15) is 0 Å². The molecule has 4 nitrogen and oxygen atoms in total. The van der Waals surface area contributed by atoms with Gasteiger partial charge in [0.25, 0.3) is 0 Å². The predicted octanol–water partition coefficient (Wildman–Crippen LogP) is 0.308. The molecule has 0 aromatic heterocycles. The number of hydrogen-bond acceptors (Lipinski definition) is 3. The van der Waals surface area contributed by atoms with Crippen molar-refractivity contribution < 1.29 is 14.3 Å². The van der Waals surface area contributed by atoms with E-state index in [1.54, 1.807) is 6.92 Å². The zero-order chi connectivity index (χ0) is 8.91. The summed E-state index contributed by atoms with van der Waals surface area (Å²) in [7, 11) is 2.86. The molecule has 0 saturated heterocycles. The smallest absolute Gasteiger partial charge is 0.247 e. The Kier molecular flexibility index (Phi) is 4.40. The maximum absolute atomic E-state index is 10.7. The Morgan fingerprint density at radius 3 is 2.27 bits per heavy atom. The fourth-order valence-electron chi connectivity index (χ4n) is 0.472. The summed E-state index contributed by atoms with van der Waals surface area (Å²) in [4.78, 5) is 10.7. The van der Waals surface area contributed by atoms with E-state index in [9.17, 15) is 4.79 Å². The van der Waals surface area contributed by atoms with Crippen LogP contribution in [0.3, 0.4) is 0 Å². The molecule has 0 aliphatic heterocycles. The minimum Gasteiger partial charge on any atom is -0.336 e. The standard InChI is InChI=1S/C6H12ClNO3/c1-6(10-2,11-3)8-5(9)4-7/h4H2,1-3H3,(H,8,9). The first kappa shape index (κ1) is 10.7. The normalized spacial score (nSPS) is 11.3. The van der Waals surface area contributed by atoms with Crippen LogP contribution < -0.4 is 5.32 Å². The zero-order valence-corrected chi connectivity index (χ0v) is 7.57. The number of halogens is 1. The topological polar surface area (TPSA) is 47.6 Å². The Labute approximate surface area is 70.8 Å². The number of carbonyl (C=O) groups is 1. The highest BCUT2D eigenvalue weighted by atomic mass is 35.5. The highest BCUT2D eigenvalue weighted by Crippen LogP contribution is 2.03. The van der Waals surface area contributed by atoms with Crippen LogP contribution in [0.5, 0.6) is 0 Å². The van der Waals surface area contributed by atoms with Crippen LogP contribution in [-0.4, -0.2) is 31.9 Å². The van der Waals surface area contributed by atoms with Gasteiger partial charge >= 0.3 is 0 Å². The van der Waals surface area contributed by atoms with Crippen molar-refractivity contribution in [1.29, 1.82) is 0 Å². The number of amides is 1. The summed E-state index contributed by atoms with van der Waals surface area (Å²) in [5.74, 6) is -1.52. The Balaban J connectivity index is 3.96. The quantitative estimate of drug-likeness (QED) is 0.502. The number of methoxy groups -OCH3 is 2. The van der Waals surface area contributed by atoms with E-state index in [1.165, 1.54) is 14.2 Å². The largest absolute Gasteiger partial charge is 0.336 e. The fourth-order valence-corrected chi connectivity index (χ4v) is 0.539. The van der Waals surface area contributed by atoms with Gasteiger partial charge in [0.2, 0.25) is 11.8 Å². The molecule has 66 valence electrons. The number of rotatable bonds is 4. The molecule has 0 aliphatic rings. The highest BCUT2D eigenvalue weighted by Gasteiger charge is 2.24. The molecule has 0 rings (SSSR count). The SMILES string of the molecule is COC(C)(NC(=O)CCl)OC. The molecule has 0 atom stereocenters. The minimum absolute atomic E-state index is 0.109. The van der Waals surface area contributed by atoms with Crippen LogP contribution in [0.15, 0.2) is 0 Å². The first-order chi connectivity index (χ1) is 5.08. The first-order valence-electron chi connectivity index (χ1n) is 3.05. The summed E-state index contributed by atoms with van der Waals surface area (Å²) in [6.07, 6.45) is 0. The van der Waals surface area contributed by atoms with E-state index in [1.807, 2.05) is 0 Å². The molecule has 0 aliphatic carbocycles. The second kappa shape index (κ2) is 4.54. The monoisotopic (exact) mass is 181 g/mol. The molecular weight excluding hydrogens is 170 g/mol. The molecule has 1 amide bonds. The van der Waals surface area contributed by atoms with Gasteiger partial charge in [0.05, 0.1) is 0 Å².